The van der Waals surface area contributed by atoms with Gasteiger partial charge in [-0.2, -0.15) is 0 Å². The average Bonchev–Trinajstić information content (AvgIpc) is 2.22. The van der Waals surface area contributed by atoms with E-state index in [1.54, 1.807) is 12.1 Å². The van der Waals surface area contributed by atoms with Gasteiger partial charge in [-0.3, -0.25) is 0 Å². The predicted molar refractivity (Wildman–Crippen MR) is 64.2 cm³/mol. The van der Waals surface area contributed by atoms with Crippen molar-refractivity contribution in [3.8, 4) is 0 Å². The van der Waals surface area contributed by atoms with Crippen molar-refractivity contribution in [1.82, 2.24) is 0 Å². The molecule has 0 N–H and O–H groups in total. The SMILES string of the molecule is CCCC(CCl)Cc1cc(Cl)ccc1F. The van der Waals surface area contributed by atoms with E-state index in [0.717, 1.165) is 12.8 Å². The van der Waals surface area contributed by atoms with Crippen LogP contribution in [0.15, 0.2) is 18.2 Å². The summed E-state index contributed by atoms with van der Waals surface area (Å²) in [7, 11) is 0. The molecule has 0 aliphatic rings. The summed E-state index contributed by atoms with van der Waals surface area (Å²) in [6.45, 7) is 2.11. The number of halogens is 3. The van der Waals surface area contributed by atoms with Gasteiger partial charge in [-0.15, -0.1) is 11.6 Å². The van der Waals surface area contributed by atoms with E-state index in [1.807, 2.05) is 0 Å². The summed E-state index contributed by atoms with van der Waals surface area (Å²) >= 11 is 11.7. The van der Waals surface area contributed by atoms with Crippen LogP contribution in [-0.2, 0) is 6.42 Å². The predicted octanol–water partition coefficient (Wildman–Crippen LogP) is 4.68. The van der Waals surface area contributed by atoms with Gasteiger partial charge in [0.25, 0.3) is 0 Å². The average molecular weight is 249 g/mol. The summed E-state index contributed by atoms with van der Waals surface area (Å²) in [5, 5.41) is 0.580. The van der Waals surface area contributed by atoms with Gasteiger partial charge in [-0.05, 0) is 42.5 Å². The molecule has 0 aromatic heterocycles. The second-order valence-electron chi connectivity index (χ2n) is 3.75. The molecule has 0 bridgehead atoms. The van der Waals surface area contributed by atoms with Crippen molar-refractivity contribution in [2.45, 2.75) is 26.2 Å². The molecule has 0 radical (unpaired) electrons. The van der Waals surface area contributed by atoms with Gasteiger partial charge >= 0.3 is 0 Å². The highest BCUT2D eigenvalue weighted by molar-refractivity contribution is 6.30. The van der Waals surface area contributed by atoms with E-state index in [9.17, 15) is 4.39 Å². The third-order valence-electron chi connectivity index (χ3n) is 2.43. The van der Waals surface area contributed by atoms with Gasteiger partial charge in [0.05, 0.1) is 0 Å². The molecule has 1 aromatic carbocycles. The molecular weight excluding hydrogens is 234 g/mol. The summed E-state index contributed by atoms with van der Waals surface area (Å²) in [5.74, 6) is 0.718. The van der Waals surface area contributed by atoms with Crippen LogP contribution in [0.1, 0.15) is 25.3 Å². The molecule has 0 aliphatic heterocycles. The Morgan fingerprint density at radius 2 is 2.13 bits per heavy atom. The molecule has 1 atom stereocenters. The minimum atomic E-state index is -0.189. The van der Waals surface area contributed by atoms with E-state index in [2.05, 4.69) is 6.92 Å². The van der Waals surface area contributed by atoms with Gasteiger partial charge in [-0.1, -0.05) is 24.9 Å². The minimum absolute atomic E-state index is 0.189. The smallest absolute Gasteiger partial charge is 0.126 e. The molecule has 0 spiro atoms. The van der Waals surface area contributed by atoms with Crippen molar-refractivity contribution in [3.05, 3.63) is 34.6 Å². The zero-order valence-electron chi connectivity index (χ0n) is 8.77. The largest absolute Gasteiger partial charge is 0.207 e. The molecule has 0 amide bonds. The molecule has 0 fully saturated rings. The lowest BCUT2D eigenvalue weighted by Crippen LogP contribution is -2.07. The van der Waals surface area contributed by atoms with E-state index in [-0.39, 0.29) is 5.82 Å². The first-order chi connectivity index (χ1) is 7.17. The van der Waals surface area contributed by atoms with Crippen LogP contribution in [0.5, 0.6) is 0 Å². The van der Waals surface area contributed by atoms with Gasteiger partial charge in [0.15, 0.2) is 0 Å². The van der Waals surface area contributed by atoms with E-state index >= 15 is 0 Å². The fourth-order valence-electron chi connectivity index (χ4n) is 1.65. The Kier molecular flexibility index (Phi) is 5.41. The molecular formula is C12H15Cl2F. The Labute approximate surface area is 100 Å². The Hall–Kier alpha value is -0.270. The molecule has 15 heavy (non-hydrogen) atoms. The summed E-state index contributed by atoms with van der Waals surface area (Å²) < 4.78 is 13.4. The maximum Gasteiger partial charge on any atom is 0.126 e. The van der Waals surface area contributed by atoms with Crippen molar-refractivity contribution in [3.63, 3.8) is 0 Å². The first-order valence-corrected chi connectivity index (χ1v) is 6.08. The van der Waals surface area contributed by atoms with E-state index in [4.69, 9.17) is 23.2 Å². The van der Waals surface area contributed by atoms with Crippen LogP contribution in [0.4, 0.5) is 4.39 Å². The van der Waals surface area contributed by atoms with E-state index < -0.39 is 0 Å². The monoisotopic (exact) mass is 248 g/mol. The zero-order valence-corrected chi connectivity index (χ0v) is 10.3. The first-order valence-electron chi connectivity index (χ1n) is 5.17. The Balaban J connectivity index is 2.73. The molecule has 0 nitrogen and oxygen atoms in total. The molecule has 1 aromatic rings. The molecule has 0 saturated carbocycles. The second-order valence-corrected chi connectivity index (χ2v) is 4.49. The Morgan fingerprint density at radius 1 is 1.40 bits per heavy atom. The molecule has 1 unspecified atom stereocenters. The zero-order chi connectivity index (χ0) is 11.3. The summed E-state index contributed by atoms with van der Waals surface area (Å²) in [6, 6.07) is 4.66. The Morgan fingerprint density at radius 3 is 2.73 bits per heavy atom. The fraction of sp³-hybridized carbons (Fsp3) is 0.500. The van der Waals surface area contributed by atoms with Crippen LogP contribution in [0.2, 0.25) is 5.02 Å². The van der Waals surface area contributed by atoms with Crippen LogP contribution in [0, 0.1) is 11.7 Å². The standard InChI is InChI=1S/C12H15Cl2F/c1-2-3-9(8-13)6-10-7-11(14)4-5-12(10)15/h4-5,7,9H,2-3,6,8H2,1H3. The molecule has 84 valence electrons. The Bertz CT molecular complexity index is 312. The van der Waals surface area contributed by atoms with Gasteiger partial charge < -0.3 is 0 Å². The topological polar surface area (TPSA) is 0 Å². The third kappa shape index (κ3) is 4.00. The maximum atomic E-state index is 13.4. The van der Waals surface area contributed by atoms with E-state index in [1.165, 1.54) is 6.07 Å². The molecule has 1 rings (SSSR count). The number of hydrogen-bond acceptors (Lipinski definition) is 0. The normalized spacial score (nSPS) is 12.8. The van der Waals surface area contributed by atoms with Crippen molar-refractivity contribution < 1.29 is 4.39 Å². The van der Waals surface area contributed by atoms with Crippen LogP contribution in [0.3, 0.4) is 0 Å². The van der Waals surface area contributed by atoms with Gasteiger partial charge in [-0.25, -0.2) is 4.39 Å². The highest BCUT2D eigenvalue weighted by Crippen LogP contribution is 2.21. The van der Waals surface area contributed by atoms with Gasteiger partial charge in [0.2, 0.25) is 0 Å². The van der Waals surface area contributed by atoms with Crippen molar-refractivity contribution in [2.75, 3.05) is 5.88 Å². The molecule has 0 heterocycles. The fourth-order valence-corrected chi connectivity index (χ4v) is 2.11. The van der Waals surface area contributed by atoms with E-state index in [0.29, 0.717) is 28.8 Å². The third-order valence-corrected chi connectivity index (χ3v) is 3.10. The number of rotatable bonds is 5. The quantitative estimate of drug-likeness (QED) is 0.665. The number of hydrogen-bond donors (Lipinski definition) is 0. The van der Waals surface area contributed by atoms with Crippen molar-refractivity contribution in [1.29, 1.82) is 0 Å². The van der Waals surface area contributed by atoms with Crippen molar-refractivity contribution >= 4 is 23.2 Å². The lowest BCUT2D eigenvalue weighted by atomic mass is 9.96. The molecule has 3 heteroatoms. The maximum absolute atomic E-state index is 13.4. The van der Waals surface area contributed by atoms with Gasteiger partial charge in [0.1, 0.15) is 5.82 Å². The molecule has 0 saturated heterocycles. The van der Waals surface area contributed by atoms with Crippen LogP contribution in [0.25, 0.3) is 0 Å². The number of alkyl halides is 1. The highest BCUT2D eigenvalue weighted by Gasteiger charge is 2.11. The van der Waals surface area contributed by atoms with Crippen LogP contribution < -0.4 is 0 Å². The van der Waals surface area contributed by atoms with Crippen molar-refractivity contribution in [2.24, 2.45) is 5.92 Å². The second kappa shape index (κ2) is 6.34. The summed E-state index contributed by atoms with van der Waals surface area (Å²) in [5.41, 5.74) is 0.668. The first kappa shape index (κ1) is 12.8. The number of benzene rings is 1. The summed E-state index contributed by atoms with van der Waals surface area (Å²) in [4.78, 5) is 0. The lowest BCUT2D eigenvalue weighted by molar-refractivity contribution is 0.509. The van der Waals surface area contributed by atoms with Crippen LogP contribution >= 0.6 is 23.2 Å². The highest BCUT2D eigenvalue weighted by atomic mass is 35.5. The van der Waals surface area contributed by atoms with Crippen LogP contribution in [-0.4, -0.2) is 5.88 Å². The molecule has 0 aliphatic carbocycles. The summed E-state index contributed by atoms with van der Waals surface area (Å²) in [6.07, 6.45) is 2.76. The minimum Gasteiger partial charge on any atom is -0.207 e. The lowest BCUT2D eigenvalue weighted by Gasteiger charge is -2.13. The van der Waals surface area contributed by atoms with Gasteiger partial charge in [0, 0.05) is 10.9 Å².